The predicted octanol–water partition coefficient (Wildman–Crippen LogP) is 2.81. The zero-order valence-corrected chi connectivity index (χ0v) is 13.8. The number of thioether (sulfide) groups is 1. The van der Waals surface area contributed by atoms with E-state index in [2.05, 4.69) is 29.4 Å². The average molecular weight is 304 g/mol. The van der Waals surface area contributed by atoms with Crippen LogP contribution in [0.2, 0.25) is 0 Å². The molecular weight excluding hydrogens is 280 g/mol. The van der Waals surface area contributed by atoms with E-state index >= 15 is 0 Å². The van der Waals surface area contributed by atoms with Crippen LogP contribution in [0.5, 0.6) is 0 Å². The molecular formula is C13H23N2S3+. The first-order valence-corrected chi connectivity index (χ1v) is 10.00. The van der Waals surface area contributed by atoms with Crippen molar-refractivity contribution in [3.05, 3.63) is 10.7 Å². The van der Waals surface area contributed by atoms with Gasteiger partial charge in [-0.05, 0) is 23.4 Å². The highest BCUT2D eigenvalue weighted by molar-refractivity contribution is 8.02. The normalized spacial score (nSPS) is 15.8. The molecule has 1 aliphatic heterocycles. The van der Waals surface area contributed by atoms with Crippen molar-refractivity contribution in [3.8, 4) is 0 Å². The Morgan fingerprint density at radius 3 is 2.61 bits per heavy atom. The molecule has 2 heterocycles. The summed E-state index contributed by atoms with van der Waals surface area (Å²) in [6.45, 7) is 10.6. The second kappa shape index (κ2) is 7.68. The Morgan fingerprint density at radius 1 is 1.22 bits per heavy atom. The van der Waals surface area contributed by atoms with Gasteiger partial charge in [-0.2, -0.15) is 0 Å². The highest BCUT2D eigenvalue weighted by Gasteiger charge is 2.15. The molecule has 0 N–H and O–H groups in total. The predicted molar refractivity (Wildman–Crippen MR) is 84.9 cm³/mol. The fourth-order valence-electron chi connectivity index (χ4n) is 2.20. The zero-order chi connectivity index (χ0) is 12.8. The minimum Gasteiger partial charge on any atom is -0.303 e. The first-order chi connectivity index (χ1) is 8.83. The molecule has 0 spiro atoms. The van der Waals surface area contributed by atoms with Gasteiger partial charge in [0, 0.05) is 31.2 Å². The summed E-state index contributed by atoms with van der Waals surface area (Å²) in [5.41, 5.74) is 0. The van der Waals surface area contributed by atoms with E-state index in [9.17, 15) is 0 Å². The maximum atomic E-state index is 2.54. The molecule has 0 atom stereocenters. The minimum absolute atomic E-state index is 1.17. The van der Waals surface area contributed by atoms with Crippen molar-refractivity contribution < 1.29 is 0 Å². The fraction of sp³-hybridized carbons (Fsp3) is 0.769. The summed E-state index contributed by atoms with van der Waals surface area (Å²) in [5.74, 6) is 1.22. The lowest BCUT2D eigenvalue weighted by molar-refractivity contribution is 0.324. The molecule has 2 rings (SSSR count). The van der Waals surface area contributed by atoms with E-state index in [0.717, 1.165) is 0 Å². The monoisotopic (exact) mass is 303 g/mol. The summed E-state index contributed by atoms with van der Waals surface area (Å²) in [7, 11) is 3.90. The van der Waals surface area contributed by atoms with Gasteiger partial charge in [0.25, 0.3) is 4.67 Å². The summed E-state index contributed by atoms with van der Waals surface area (Å²) < 4.78 is 5.52. The van der Waals surface area contributed by atoms with Gasteiger partial charge in [0.2, 0.25) is 0 Å². The van der Waals surface area contributed by atoms with Crippen molar-refractivity contribution in [1.82, 2.24) is 9.48 Å². The van der Waals surface area contributed by atoms with E-state index in [1.54, 1.807) is 0 Å². The Labute approximate surface area is 122 Å². The topological polar surface area (TPSA) is 6.25 Å². The summed E-state index contributed by atoms with van der Waals surface area (Å²) in [6.07, 6.45) is 2.74. The molecule has 1 aliphatic rings. The molecule has 0 unspecified atom stereocenters. The molecule has 0 aliphatic carbocycles. The summed E-state index contributed by atoms with van der Waals surface area (Å²) in [4.78, 5) is 2.49. The van der Waals surface area contributed by atoms with Crippen LogP contribution in [-0.2, 0) is 0 Å². The lowest BCUT2D eigenvalue weighted by Gasteiger charge is -2.16. The van der Waals surface area contributed by atoms with Gasteiger partial charge in [0.05, 0.1) is 4.21 Å². The number of rotatable bonds is 6. The van der Waals surface area contributed by atoms with E-state index in [4.69, 9.17) is 0 Å². The van der Waals surface area contributed by atoms with Crippen LogP contribution in [0.3, 0.4) is 0 Å². The Hall–Kier alpha value is 0.160. The maximum absolute atomic E-state index is 2.54. The molecule has 1 saturated heterocycles. The molecule has 0 amide bonds. The van der Waals surface area contributed by atoms with Crippen LogP contribution in [0, 0.1) is 0 Å². The van der Waals surface area contributed by atoms with Crippen molar-refractivity contribution in [2.75, 3.05) is 38.5 Å². The third-order valence-electron chi connectivity index (χ3n) is 3.41. The second-order valence-corrected chi connectivity index (χ2v) is 8.12. The van der Waals surface area contributed by atoms with Gasteiger partial charge in [-0.25, -0.2) is 4.58 Å². The van der Waals surface area contributed by atoms with Gasteiger partial charge in [-0.1, -0.05) is 24.2 Å². The Balaban J connectivity index is 1.85. The van der Waals surface area contributed by atoms with Gasteiger partial charge in [0.1, 0.15) is 13.1 Å². The molecule has 0 bridgehead atoms. The molecule has 5 heteroatoms. The van der Waals surface area contributed by atoms with E-state index in [1.165, 1.54) is 60.2 Å². The maximum Gasteiger partial charge on any atom is 0.268 e. The van der Waals surface area contributed by atoms with Crippen LogP contribution in [0.1, 0.15) is 26.7 Å². The van der Waals surface area contributed by atoms with Crippen LogP contribution >= 0.6 is 32.4 Å². The third kappa shape index (κ3) is 4.08. The highest BCUT2D eigenvalue weighted by Crippen LogP contribution is 2.24. The van der Waals surface area contributed by atoms with Crippen molar-refractivity contribution in [3.63, 3.8) is 0 Å². The lowest BCUT2D eigenvalue weighted by atomic mass is 10.4. The lowest BCUT2D eigenvalue weighted by Crippen LogP contribution is -2.25. The summed E-state index contributed by atoms with van der Waals surface area (Å²) in [6, 6.07) is 2.40. The van der Waals surface area contributed by atoms with Crippen molar-refractivity contribution in [2.24, 2.45) is 0 Å². The van der Waals surface area contributed by atoms with Gasteiger partial charge < -0.3 is 4.90 Å². The Kier molecular flexibility index (Phi) is 6.21. The molecule has 2 nitrogen and oxygen atoms in total. The van der Waals surface area contributed by atoms with E-state index in [0.29, 0.717) is 0 Å². The van der Waals surface area contributed by atoms with Gasteiger partial charge in [-0.15, -0.1) is 11.8 Å². The summed E-state index contributed by atoms with van der Waals surface area (Å²) >= 11 is 2.02. The molecule has 1 aromatic rings. The Bertz CT molecular complexity index is 410. The minimum atomic E-state index is 1.17. The fourth-order valence-corrected chi connectivity index (χ4v) is 6.16. The van der Waals surface area contributed by atoms with Crippen LogP contribution in [0.25, 0.3) is 0 Å². The molecule has 0 aromatic carbocycles. The second-order valence-electron chi connectivity index (χ2n) is 4.54. The van der Waals surface area contributed by atoms with E-state index in [-0.39, 0.29) is 0 Å². The van der Waals surface area contributed by atoms with Crippen molar-refractivity contribution >= 4 is 32.4 Å². The van der Waals surface area contributed by atoms with Crippen LogP contribution in [0.15, 0.2) is 10.3 Å². The van der Waals surface area contributed by atoms with Crippen molar-refractivity contribution in [2.45, 2.75) is 30.9 Å². The third-order valence-corrected chi connectivity index (χ3v) is 7.34. The molecule has 1 fully saturated rings. The molecule has 0 radical (unpaired) electrons. The largest absolute Gasteiger partial charge is 0.303 e. The number of nitrogens with zero attached hydrogens (tertiary/aromatic N) is 2. The van der Waals surface area contributed by atoms with E-state index in [1.807, 2.05) is 32.4 Å². The first kappa shape index (κ1) is 14.6. The first-order valence-electron chi connectivity index (χ1n) is 6.86. The van der Waals surface area contributed by atoms with Crippen LogP contribution < -0.4 is 9.25 Å². The zero-order valence-electron chi connectivity index (χ0n) is 11.4. The molecule has 1 aromatic heterocycles. The summed E-state index contributed by atoms with van der Waals surface area (Å²) in [5, 5.41) is 0. The standard InChI is InChI=1S/C13H23N2S3/c1-3-14(4-2)9-10-16-13-11-12(17-18-13)15-7-5-6-8-15/h11H,3-10H2,1-2H3/q+1. The van der Waals surface area contributed by atoms with Gasteiger partial charge in [0.15, 0.2) is 0 Å². The van der Waals surface area contributed by atoms with Gasteiger partial charge in [-0.3, -0.25) is 0 Å². The molecule has 102 valence electrons. The Morgan fingerprint density at radius 2 is 1.94 bits per heavy atom. The van der Waals surface area contributed by atoms with Gasteiger partial charge >= 0.3 is 0 Å². The quantitative estimate of drug-likeness (QED) is 0.453. The number of hydrogen-bond acceptors (Lipinski definition) is 4. The van der Waals surface area contributed by atoms with Crippen LogP contribution in [0.4, 0.5) is 0 Å². The van der Waals surface area contributed by atoms with E-state index < -0.39 is 0 Å². The molecule has 0 saturated carbocycles. The number of hydrogen-bond donors (Lipinski definition) is 0. The van der Waals surface area contributed by atoms with Crippen molar-refractivity contribution in [1.29, 1.82) is 0 Å². The average Bonchev–Trinajstić information content (AvgIpc) is 3.05. The highest BCUT2D eigenvalue weighted by atomic mass is 32.9. The smallest absolute Gasteiger partial charge is 0.268 e. The molecule has 18 heavy (non-hydrogen) atoms. The van der Waals surface area contributed by atoms with Crippen LogP contribution in [-0.4, -0.2) is 43.4 Å². The SMILES string of the molecule is CCN(CC)CCSc1cc(=[N+]2CCCC2)ss1.